The SMILES string of the molecule is CNCc1ccc2c(c1)CCN2CC(C)C. The molecular formula is C14H22N2. The van der Waals surface area contributed by atoms with Gasteiger partial charge < -0.3 is 10.2 Å². The smallest absolute Gasteiger partial charge is 0.0399 e. The number of nitrogens with zero attached hydrogens (tertiary/aromatic N) is 1. The second-order valence-electron chi connectivity index (χ2n) is 5.08. The van der Waals surface area contributed by atoms with E-state index in [4.69, 9.17) is 0 Å². The number of anilines is 1. The molecule has 0 atom stereocenters. The van der Waals surface area contributed by atoms with Crippen LogP contribution in [0.4, 0.5) is 5.69 Å². The second-order valence-corrected chi connectivity index (χ2v) is 5.08. The van der Waals surface area contributed by atoms with Gasteiger partial charge in [-0.1, -0.05) is 26.0 Å². The highest BCUT2D eigenvalue weighted by Gasteiger charge is 2.19. The maximum atomic E-state index is 3.20. The molecule has 1 heterocycles. The summed E-state index contributed by atoms with van der Waals surface area (Å²) in [6.07, 6.45) is 1.21. The fourth-order valence-electron chi connectivity index (χ4n) is 2.47. The average molecular weight is 218 g/mol. The number of fused-ring (bicyclic) bond motifs is 1. The first-order valence-electron chi connectivity index (χ1n) is 6.22. The lowest BCUT2D eigenvalue weighted by Crippen LogP contribution is -2.25. The number of nitrogens with one attached hydrogen (secondary N) is 1. The quantitative estimate of drug-likeness (QED) is 0.835. The van der Waals surface area contributed by atoms with Crippen molar-refractivity contribution in [3.05, 3.63) is 29.3 Å². The van der Waals surface area contributed by atoms with Gasteiger partial charge in [0.25, 0.3) is 0 Å². The van der Waals surface area contributed by atoms with Gasteiger partial charge in [-0.2, -0.15) is 0 Å². The molecule has 0 aromatic heterocycles. The first kappa shape index (κ1) is 11.5. The summed E-state index contributed by atoms with van der Waals surface area (Å²) in [6.45, 7) is 7.91. The summed E-state index contributed by atoms with van der Waals surface area (Å²) in [5, 5.41) is 3.20. The van der Waals surface area contributed by atoms with E-state index in [2.05, 4.69) is 42.3 Å². The van der Waals surface area contributed by atoms with Gasteiger partial charge in [0.15, 0.2) is 0 Å². The van der Waals surface area contributed by atoms with Crippen molar-refractivity contribution in [2.24, 2.45) is 5.92 Å². The summed E-state index contributed by atoms with van der Waals surface area (Å²) in [7, 11) is 2.00. The van der Waals surface area contributed by atoms with Crippen molar-refractivity contribution in [2.45, 2.75) is 26.8 Å². The molecule has 1 aromatic rings. The van der Waals surface area contributed by atoms with Gasteiger partial charge in [-0.25, -0.2) is 0 Å². The lowest BCUT2D eigenvalue weighted by Gasteiger charge is -2.21. The van der Waals surface area contributed by atoms with E-state index in [1.54, 1.807) is 0 Å². The molecule has 0 spiro atoms. The summed E-state index contributed by atoms with van der Waals surface area (Å²) < 4.78 is 0. The van der Waals surface area contributed by atoms with Gasteiger partial charge in [-0.3, -0.25) is 0 Å². The molecule has 0 bridgehead atoms. The molecule has 2 nitrogen and oxygen atoms in total. The monoisotopic (exact) mass is 218 g/mol. The molecule has 1 aromatic carbocycles. The van der Waals surface area contributed by atoms with E-state index >= 15 is 0 Å². The Kier molecular flexibility index (Phi) is 3.49. The van der Waals surface area contributed by atoms with Crippen LogP contribution >= 0.6 is 0 Å². The molecule has 0 saturated heterocycles. The van der Waals surface area contributed by atoms with Gasteiger partial charge >= 0.3 is 0 Å². The van der Waals surface area contributed by atoms with E-state index in [-0.39, 0.29) is 0 Å². The maximum Gasteiger partial charge on any atom is 0.0399 e. The molecule has 0 fully saturated rings. The highest BCUT2D eigenvalue weighted by Crippen LogP contribution is 2.29. The molecular weight excluding hydrogens is 196 g/mol. The standard InChI is InChI=1S/C14H22N2/c1-11(2)10-16-7-6-13-8-12(9-15-3)4-5-14(13)16/h4-5,8,11,15H,6-7,9-10H2,1-3H3. The van der Waals surface area contributed by atoms with Crippen LogP contribution in [0.15, 0.2) is 18.2 Å². The third kappa shape index (κ3) is 2.38. The molecule has 0 unspecified atom stereocenters. The highest BCUT2D eigenvalue weighted by atomic mass is 15.1. The normalized spacial score (nSPS) is 14.6. The zero-order valence-corrected chi connectivity index (χ0v) is 10.6. The fraction of sp³-hybridized carbons (Fsp3) is 0.571. The van der Waals surface area contributed by atoms with Crippen molar-refractivity contribution in [1.29, 1.82) is 0 Å². The summed E-state index contributed by atoms with van der Waals surface area (Å²) >= 11 is 0. The van der Waals surface area contributed by atoms with Gasteiger partial charge in [0, 0.05) is 25.3 Å². The minimum atomic E-state index is 0.739. The predicted molar refractivity (Wildman–Crippen MR) is 70.0 cm³/mol. The third-order valence-corrected chi connectivity index (χ3v) is 3.10. The Balaban J connectivity index is 2.15. The van der Waals surface area contributed by atoms with Crippen molar-refractivity contribution in [3.8, 4) is 0 Å². The summed E-state index contributed by atoms with van der Waals surface area (Å²) in [6, 6.07) is 6.89. The Morgan fingerprint density at radius 1 is 1.38 bits per heavy atom. The average Bonchev–Trinajstić information content (AvgIpc) is 2.61. The Bertz CT molecular complexity index is 358. The lowest BCUT2D eigenvalue weighted by molar-refractivity contribution is 0.622. The zero-order valence-electron chi connectivity index (χ0n) is 10.6. The molecule has 1 aliphatic rings. The number of benzene rings is 1. The van der Waals surface area contributed by atoms with Gasteiger partial charge in [-0.15, -0.1) is 0 Å². The topological polar surface area (TPSA) is 15.3 Å². The van der Waals surface area contributed by atoms with Crippen molar-refractivity contribution in [2.75, 3.05) is 25.0 Å². The first-order chi connectivity index (χ1) is 7.70. The second kappa shape index (κ2) is 4.88. The zero-order chi connectivity index (χ0) is 11.5. The van der Waals surface area contributed by atoms with Crippen LogP contribution in [0.2, 0.25) is 0 Å². The van der Waals surface area contributed by atoms with Crippen molar-refractivity contribution in [1.82, 2.24) is 5.32 Å². The van der Waals surface area contributed by atoms with E-state index in [0.29, 0.717) is 0 Å². The highest BCUT2D eigenvalue weighted by molar-refractivity contribution is 5.59. The largest absolute Gasteiger partial charge is 0.371 e. The molecule has 2 rings (SSSR count). The molecule has 0 amide bonds. The van der Waals surface area contributed by atoms with Crippen molar-refractivity contribution >= 4 is 5.69 Å². The van der Waals surface area contributed by atoms with Crippen molar-refractivity contribution in [3.63, 3.8) is 0 Å². The summed E-state index contributed by atoms with van der Waals surface area (Å²) in [5.41, 5.74) is 4.37. The Hall–Kier alpha value is -1.02. The van der Waals surface area contributed by atoms with Crippen LogP contribution in [0.25, 0.3) is 0 Å². The number of rotatable bonds is 4. The summed E-state index contributed by atoms with van der Waals surface area (Å²) in [5.74, 6) is 0.739. The van der Waals surface area contributed by atoms with E-state index < -0.39 is 0 Å². The van der Waals surface area contributed by atoms with E-state index in [0.717, 1.165) is 12.5 Å². The first-order valence-corrected chi connectivity index (χ1v) is 6.22. The van der Waals surface area contributed by atoms with Crippen LogP contribution in [0, 0.1) is 5.92 Å². The van der Waals surface area contributed by atoms with E-state index in [1.165, 1.54) is 36.3 Å². The molecule has 88 valence electrons. The Morgan fingerprint density at radius 3 is 2.88 bits per heavy atom. The molecule has 16 heavy (non-hydrogen) atoms. The van der Waals surface area contributed by atoms with Gasteiger partial charge in [-0.05, 0) is 36.6 Å². The predicted octanol–water partition coefficient (Wildman–Crippen LogP) is 2.42. The molecule has 1 aliphatic heterocycles. The van der Waals surface area contributed by atoms with Gasteiger partial charge in [0.1, 0.15) is 0 Å². The van der Waals surface area contributed by atoms with E-state index in [9.17, 15) is 0 Å². The molecule has 2 heteroatoms. The van der Waals surface area contributed by atoms with E-state index in [1.807, 2.05) is 7.05 Å². The fourth-order valence-corrected chi connectivity index (χ4v) is 2.47. The summed E-state index contributed by atoms with van der Waals surface area (Å²) in [4.78, 5) is 2.52. The third-order valence-electron chi connectivity index (χ3n) is 3.10. The molecule has 1 N–H and O–H groups in total. The van der Waals surface area contributed by atoms with Gasteiger partial charge in [0.05, 0.1) is 0 Å². The molecule has 0 saturated carbocycles. The minimum Gasteiger partial charge on any atom is -0.371 e. The lowest BCUT2D eigenvalue weighted by atomic mass is 10.1. The van der Waals surface area contributed by atoms with Crippen LogP contribution in [0.5, 0.6) is 0 Å². The number of hydrogen-bond donors (Lipinski definition) is 1. The van der Waals surface area contributed by atoms with Crippen LogP contribution in [0.3, 0.4) is 0 Å². The number of hydrogen-bond acceptors (Lipinski definition) is 2. The van der Waals surface area contributed by atoms with Crippen molar-refractivity contribution < 1.29 is 0 Å². The van der Waals surface area contributed by atoms with Gasteiger partial charge in [0.2, 0.25) is 0 Å². The molecule has 0 aliphatic carbocycles. The maximum absolute atomic E-state index is 3.20. The Morgan fingerprint density at radius 2 is 2.19 bits per heavy atom. The van der Waals surface area contributed by atoms with Crippen LogP contribution < -0.4 is 10.2 Å². The molecule has 0 radical (unpaired) electrons. The Labute approximate surface area is 98.7 Å². The van der Waals surface area contributed by atoms with Crippen LogP contribution in [0.1, 0.15) is 25.0 Å². The van der Waals surface area contributed by atoms with Crippen LogP contribution in [-0.4, -0.2) is 20.1 Å². The minimum absolute atomic E-state index is 0.739. The van der Waals surface area contributed by atoms with Crippen LogP contribution in [-0.2, 0) is 13.0 Å².